The standard InChI is InChI=1S/C79H66N6/c1-52-37-38-64(55-25-12-5-13-26-55)47-68(52)69-48-66(63-36-22-35-62(46-63)54-23-10-4-11-24-54)49-70-75(69)84-79(61-41-39-58(40-42-61)73-50-71(56-27-14-6-15-28-56)80-77(82-73)59-31-18-8-19-32-59)85(3)76(70)67-44-43-65(45-53(67)2)74-51-72(57-29-16-7-17-30-57)81-78(83-74)60-33-20-9-21-34-60/h4-5,7-14,16-49,51-53,67-68,71,76H,6,15,50H2,1-3H3. The van der Waals surface area contributed by atoms with Crippen molar-refractivity contribution in [3.8, 4) is 44.9 Å². The lowest BCUT2D eigenvalue weighted by Gasteiger charge is -2.43. The molecule has 1 aromatic heterocycles. The molecule has 14 rings (SSSR count). The Morgan fingerprint density at radius 2 is 1.05 bits per heavy atom. The fourth-order valence-electron chi connectivity index (χ4n) is 13.0. The fourth-order valence-corrected chi connectivity index (χ4v) is 13.0. The summed E-state index contributed by atoms with van der Waals surface area (Å²) in [5, 5.41) is 0. The maximum absolute atomic E-state index is 5.95. The highest BCUT2D eigenvalue weighted by Gasteiger charge is 2.39. The van der Waals surface area contributed by atoms with Crippen LogP contribution in [0.4, 0.5) is 5.69 Å². The number of hydrogen-bond donors (Lipinski definition) is 0. The molecule has 6 nitrogen and oxygen atoms in total. The molecule has 0 fully saturated rings. The highest BCUT2D eigenvalue weighted by molar-refractivity contribution is 6.14. The zero-order chi connectivity index (χ0) is 57.2. The molecule has 9 aromatic rings. The average Bonchev–Trinajstić information content (AvgIpc) is 1.22. The van der Waals surface area contributed by atoms with Gasteiger partial charge in [0.2, 0.25) is 0 Å². The number of aliphatic imine (C=N–C) groups is 3. The van der Waals surface area contributed by atoms with Crippen LogP contribution >= 0.6 is 0 Å². The topological polar surface area (TPSA) is 66.1 Å². The molecule has 6 unspecified atom stereocenters. The Hall–Kier alpha value is -9.91. The van der Waals surface area contributed by atoms with Crippen molar-refractivity contribution in [2.75, 3.05) is 7.05 Å². The number of amidine groups is 2. The van der Waals surface area contributed by atoms with Gasteiger partial charge in [-0.25, -0.2) is 20.0 Å². The molecule has 6 atom stereocenters. The van der Waals surface area contributed by atoms with Gasteiger partial charge in [-0.1, -0.05) is 263 Å². The third kappa shape index (κ3) is 10.9. The van der Waals surface area contributed by atoms with E-state index in [1.807, 2.05) is 6.07 Å². The van der Waals surface area contributed by atoms with Crippen LogP contribution in [-0.4, -0.2) is 45.3 Å². The first-order valence-corrected chi connectivity index (χ1v) is 30.0. The molecule has 3 heterocycles. The van der Waals surface area contributed by atoms with E-state index in [0.29, 0.717) is 5.82 Å². The minimum Gasteiger partial charge on any atom is -0.351 e. The Labute approximate surface area is 499 Å². The van der Waals surface area contributed by atoms with Crippen molar-refractivity contribution in [3.05, 3.63) is 318 Å². The molecular weight excluding hydrogens is 1030 g/mol. The van der Waals surface area contributed by atoms with Crippen LogP contribution in [0.3, 0.4) is 0 Å². The van der Waals surface area contributed by atoms with E-state index in [1.54, 1.807) is 0 Å². The van der Waals surface area contributed by atoms with Crippen LogP contribution in [0.5, 0.6) is 0 Å². The Kier molecular flexibility index (Phi) is 14.6. The molecule has 2 aliphatic heterocycles. The van der Waals surface area contributed by atoms with Crippen LogP contribution in [0.2, 0.25) is 0 Å². The SMILES string of the molecule is CC1C=CC(c2ccccc2)=CC1c1cc(-c2cccc(-c3ccccc3)c2)cc2c1N=C(c1ccc(C3=NC(c4ccccc4)=NC(C4=CCCC=C4)C3)cc1)N(C)C2C1C=CC(c2cc(-c3ccccc3)nc(-c3ccccc3)n2)=CC1C. The molecule has 5 aliphatic rings. The monoisotopic (exact) mass is 1100 g/mol. The minimum atomic E-state index is -0.107. The second kappa shape index (κ2) is 23.4. The summed E-state index contributed by atoms with van der Waals surface area (Å²) in [5.74, 6) is 2.81. The highest BCUT2D eigenvalue weighted by Crippen LogP contribution is 2.51. The summed E-state index contributed by atoms with van der Waals surface area (Å²) < 4.78 is 0. The molecule has 412 valence electrons. The molecule has 0 bridgehead atoms. The largest absolute Gasteiger partial charge is 0.351 e. The molecule has 0 radical (unpaired) electrons. The van der Waals surface area contributed by atoms with Gasteiger partial charge in [0.15, 0.2) is 11.7 Å². The van der Waals surface area contributed by atoms with Crippen molar-refractivity contribution < 1.29 is 0 Å². The molecular formula is C79H66N6. The zero-order valence-corrected chi connectivity index (χ0v) is 48.2. The summed E-state index contributed by atoms with van der Waals surface area (Å²) in [6.45, 7) is 4.73. The Bertz CT molecular complexity index is 4190. The van der Waals surface area contributed by atoms with E-state index in [2.05, 4.69) is 293 Å². The second-order valence-electron chi connectivity index (χ2n) is 23.1. The molecule has 0 amide bonds. The first kappa shape index (κ1) is 53.1. The van der Waals surface area contributed by atoms with Gasteiger partial charge in [-0.05, 0) is 105 Å². The summed E-state index contributed by atoms with van der Waals surface area (Å²) in [6, 6.07) is 77.8. The maximum Gasteiger partial charge on any atom is 0.160 e. The van der Waals surface area contributed by atoms with Gasteiger partial charge in [-0.3, -0.25) is 4.99 Å². The van der Waals surface area contributed by atoms with Gasteiger partial charge in [-0.2, -0.15) is 0 Å². The lowest BCUT2D eigenvalue weighted by atomic mass is 9.74. The lowest BCUT2D eigenvalue weighted by molar-refractivity contribution is 0.260. The van der Waals surface area contributed by atoms with Gasteiger partial charge < -0.3 is 4.90 Å². The first-order chi connectivity index (χ1) is 41.8. The van der Waals surface area contributed by atoms with Crippen LogP contribution in [0, 0.1) is 17.8 Å². The molecule has 6 heteroatoms. The number of benzene rings is 8. The highest BCUT2D eigenvalue weighted by atomic mass is 15.2. The summed E-state index contributed by atoms with van der Waals surface area (Å²) in [7, 11) is 2.26. The Morgan fingerprint density at radius 3 is 1.73 bits per heavy atom. The van der Waals surface area contributed by atoms with Gasteiger partial charge in [0.05, 0.1) is 34.9 Å². The van der Waals surface area contributed by atoms with Gasteiger partial charge in [0.1, 0.15) is 5.84 Å². The van der Waals surface area contributed by atoms with E-state index in [0.717, 1.165) is 87.1 Å². The van der Waals surface area contributed by atoms with E-state index >= 15 is 0 Å². The van der Waals surface area contributed by atoms with Gasteiger partial charge >= 0.3 is 0 Å². The number of fused-ring (bicyclic) bond motifs is 1. The van der Waals surface area contributed by atoms with E-state index in [9.17, 15) is 0 Å². The van der Waals surface area contributed by atoms with E-state index in [4.69, 9.17) is 24.9 Å². The predicted octanol–water partition coefficient (Wildman–Crippen LogP) is 18.8. The van der Waals surface area contributed by atoms with Gasteiger partial charge in [-0.15, -0.1) is 0 Å². The van der Waals surface area contributed by atoms with Gasteiger partial charge in [0, 0.05) is 53.1 Å². The normalized spacial score (nSPS) is 20.8. The van der Waals surface area contributed by atoms with Crippen LogP contribution in [0.1, 0.15) is 84.1 Å². The zero-order valence-electron chi connectivity index (χ0n) is 48.2. The summed E-state index contributed by atoms with van der Waals surface area (Å²) in [6.07, 6.45) is 24.1. The van der Waals surface area contributed by atoms with Gasteiger partial charge in [0.25, 0.3) is 0 Å². The fraction of sp³-hybridized carbons (Fsp3) is 0.152. The van der Waals surface area contributed by atoms with Crippen molar-refractivity contribution in [1.29, 1.82) is 0 Å². The summed E-state index contributed by atoms with van der Waals surface area (Å²) >= 11 is 0. The van der Waals surface area contributed by atoms with E-state index in [1.165, 1.54) is 50.1 Å². The first-order valence-electron chi connectivity index (χ1n) is 30.0. The third-order valence-electron chi connectivity index (χ3n) is 17.6. The molecule has 0 saturated heterocycles. The summed E-state index contributed by atoms with van der Waals surface area (Å²) in [4.78, 5) is 29.4. The predicted molar refractivity (Wildman–Crippen MR) is 353 cm³/mol. The van der Waals surface area contributed by atoms with Crippen molar-refractivity contribution in [2.45, 2.75) is 51.1 Å². The molecule has 85 heavy (non-hydrogen) atoms. The van der Waals surface area contributed by atoms with Crippen molar-refractivity contribution in [2.24, 2.45) is 32.7 Å². The molecule has 8 aromatic carbocycles. The van der Waals surface area contributed by atoms with Crippen molar-refractivity contribution in [3.63, 3.8) is 0 Å². The quantitative estimate of drug-likeness (QED) is 0.122. The van der Waals surface area contributed by atoms with E-state index in [-0.39, 0.29) is 35.8 Å². The Morgan fingerprint density at radius 1 is 0.447 bits per heavy atom. The Balaban J connectivity index is 0.916. The van der Waals surface area contributed by atoms with Crippen LogP contribution in [0.15, 0.2) is 294 Å². The number of aromatic nitrogens is 2. The van der Waals surface area contributed by atoms with Crippen LogP contribution in [-0.2, 0) is 0 Å². The number of allylic oxidation sites excluding steroid dienone is 9. The summed E-state index contributed by atoms with van der Waals surface area (Å²) in [5.41, 5.74) is 21.1. The molecule has 3 aliphatic carbocycles. The third-order valence-corrected chi connectivity index (χ3v) is 17.6. The van der Waals surface area contributed by atoms with E-state index < -0.39 is 0 Å². The lowest BCUT2D eigenvalue weighted by Crippen LogP contribution is -2.40. The van der Waals surface area contributed by atoms with Crippen molar-refractivity contribution >= 4 is 34.2 Å². The van der Waals surface area contributed by atoms with Crippen LogP contribution < -0.4 is 0 Å². The van der Waals surface area contributed by atoms with Crippen molar-refractivity contribution in [1.82, 2.24) is 14.9 Å². The number of rotatable bonds is 12. The molecule has 0 spiro atoms. The number of hydrogen-bond acceptors (Lipinski definition) is 6. The smallest absolute Gasteiger partial charge is 0.160 e. The average molecular weight is 1100 g/mol. The van der Waals surface area contributed by atoms with Crippen LogP contribution in [0.25, 0.3) is 56.0 Å². The second-order valence-corrected chi connectivity index (χ2v) is 23.1. The molecule has 0 N–H and O–H groups in total. The number of nitrogens with zero attached hydrogens (tertiary/aromatic N) is 6. The molecule has 0 saturated carbocycles. The minimum absolute atomic E-state index is 0.00563. The maximum atomic E-state index is 5.95.